The fraction of sp³-hybridized carbons (Fsp3) is 0.0526. The van der Waals surface area contributed by atoms with Crippen LogP contribution in [-0.2, 0) is 6.54 Å². The molecule has 124 valence electrons. The van der Waals surface area contributed by atoms with Gasteiger partial charge in [-0.25, -0.2) is 0 Å². The van der Waals surface area contributed by atoms with Gasteiger partial charge in [0.1, 0.15) is 5.75 Å². The van der Waals surface area contributed by atoms with Crippen LogP contribution in [0.5, 0.6) is 11.5 Å². The van der Waals surface area contributed by atoms with Crippen LogP contribution in [0.3, 0.4) is 0 Å². The smallest absolute Gasteiger partial charge is 0.246 e. The maximum absolute atomic E-state index is 5.93. The molecule has 0 aliphatic carbocycles. The fourth-order valence-corrected chi connectivity index (χ4v) is 2.96. The Morgan fingerprint density at radius 3 is 2.68 bits per heavy atom. The first-order chi connectivity index (χ1) is 12.4. The molecule has 0 aliphatic rings. The van der Waals surface area contributed by atoms with Crippen molar-refractivity contribution in [3.63, 3.8) is 0 Å². The molecular weight excluding hydrogens is 334 g/mol. The Balaban J connectivity index is 1.46. The van der Waals surface area contributed by atoms with Crippen molar-refractivity contribution in [3.8, 4) is 22.9 Å². The van der Waals surface area contributed by atoms with Gasteiger partial charge in [0.05, 0.1) is 12.2 Å². The molecule has 6 heteroatoms. The maximum atomic E-state index is 5.93. The van der Waals surface area contributed by atoms with Crippen LogP contribution in [0.1, 0.15) is 5.89 Å². The van der Waals surface area contributed by atoms with E-state index in [2.05, 4.69) is 15.5 Å². The highest BCUT2D eigenvalue weighted by Gasteiger charge is 2.10. The minimum atomic E-state index is 0.423. The Labute approximate surface area is 148 Å². The average molecular weight is 349 g/mol. The summed E-state index contributed by atoms with van der Waals surface area (Å²) in [6, 6.07) is 19.4. The zero-order valence-corrected chi connectivity index (χ0v) is 14.1. The number of anilines is 1. The monoisotopic (exact) mass is 349 g/mol. The number of para-hydroxylation sites is 3. The lowest BCUT2D eigenvalue weighted by molar-refractivity contribution is 0.384. The number of rotatable bonds is 6. The normalized spacial score (nSPS) is 10.6. The number of nitrogens with zero attached hydrogens (tertiary/aromatic N) is 2. The summed E-state index contributed by atoms with van der Waals surface area (Å²) in [7, 11) is 0. The molecule has 0 aliphatic heterocycles. The molecule has 0 atom stereocenters. The number of hydrogen-bond donors (Lipinski definition) is 1. The Hall–Kier alpha value is -3.12. The summed E-state index contributed by atoms with van der Waals surface area (Å²) in [6.45, 7) is 0.423. The fourth-order valence-electron chi connectivity index (χ4n) is 2.32. The summed E-state index contributed by atoms with van der Waals surface area (Å²) < 4.78 is 11.2. The van der Waals surface area contributed by atoms with Crippen molar-refractivity contribution in [2.45, 2.75) is 6.54 Å². The van der Waals surface area contributed by atoms with Crippen LogP contribution in [0.25, 0.3) is 11.4 Å². The van der Waals surface area contributed by atoms with Gasteiger partial charge in [0.2, 0.25) is 11.7 Å². The second-order valence-electron chi connectivity index (χ2n) is 5.29. The second-order valence-corrected chi connectivity index (χ2v) is 6.07. The molecule has 2 aromatic heterocycles. The zero-order chi connectivity index (χ0) is 16.9. The van der Waals surface area contributed by atoms with Gasteiger partial charge < -0.3 is 14.6 Å². The van der Waals surface area contributed by atoms with E-state index in [-0.39, 0.29) is 0 Å². The van der Waals surface area contributed by atoms with Crippen LogP contribution < -0.4 is 10.1 Å². The van der Waals surface area contributed by atoms with Gasteiger partial charge in [-0.3, -0.25) is 0 Å². The number of ether oxygens (including phenoxy) is 1. The van der Waals surface area contributed by atoms with E-state index in [0.29, 0.717) is 18.3 Å². The standard InChI is InChI=1S/C19H15N3O2S/c1-2-6-15(7-3-1)23-17-9-5-4-8-16(17)20-12-18-21-19(22-24-18)14-10-11-25-13-14/h1-11,13,20H,12H2. The molecular formula is C19H15N3O2S. The Morgan fingerprint density at radius 1 is 1.00 bits per heavy atom. The molecule has 0 spiro atoms. The van der Waals surface area contributed by atoms with Crippen molar-refractivity contribution in [1.29, 1.82) is 0 Å². The maximum Gasteiger partial charge on any atom is 0.246 e. The van der Waals surface area contributed by atoms with Crippen LogP contribution in [-0.4, -0.2) is 10.1 Å². The van der Waals surface area contributed by atoms with Crippen molar-refractivity contribution >= 4 is 17.0 Å². The number of thiophene rings is 1. The van der Waals surface area contributed by atoms with E-state index < -0.39 is 0 Å². The molecule has 25 heavy (non-hydrogen) atoms. The third kappa shape index (κ3) is 3.70. The molecule has 0 unspecified atom stereocenters. The first-order valence-corrected chi connectivity index (χ1v) is 8.74. The molecule has 0 radical (unpaired) electrons. The summed E-state index contributed by atoms with van der Waals surface area (Å²) in [5.74, 6) is 2.66. The van der Waals surface area contributed by atoms with Crippen LogP contribution in [0.2, 0.25) is 0 Å². The Bertz CT molecular complexity index is 936. The minimum Gasteiger partial charge on any atom is -0.455 e. The van der Waals surface area contributed by atoms with E-state index >= 15 is 0 Å². The minimum absolute atomic E-state index is 0.423. The highest BCUT2D eigenvalue weighted by molar-refractivity contribution is 7.08. The van der Waals surface area contributed by atoms with Crippen LogP contribution in [0, 0.1) is 0 Å². The highest BCUT2D eigenvalue weighted by Crippen LogP contribution is 2.29. The third-order valence-corrected chi connectivity index (χ3v) is 4.22. The summed E-state index contributed by atoms with van der Waals surface area (Å²) in [4.78, 5) is 4.41. The average Bonchev–Trinajstić information content (AvgIpc) is 3.33. The van der Waals surface area contributed by atoms with Gasteiger partial charge in [0.15, 0.2) is 5.75 Å². The van der Waals surface area contributed by atoms with E-state index in [4.69, 9.17) is 9.26 Å². The predicted molar refractivity (Wildman–Crippen MR) is 97.9 cm³/mol. The van der Waals surface area contributed by atoms with Gasteiger partial charge in [-0.05, 0) is 35.7 Å². The molecule has 0 saturated carbocycles. The molecule has 0 bridgehead atoms. The summed E-state index contributed by atoms with van der Waals surface area (Å²) in [6.07, 6.45) is 0. The number of nitrogens with one attached hydrogen (secondary N) is 1. The van der Waals surface area contributed by atoms with Crippen molar-refractivity contribution in [2.75, 3.05) is 5.32 Å². The van der Waals surface area contributed by atoms with Crippen molar-refractivity contribution in [1.82, 2.24) is 10.1 Å². The van der Waals surface area contributed by atoms with E-state index in [9.17, 15) is 0 Å². The molecule has 5 nitrogen and oxygen atoms in total. The first kappa shape index (κ1) is 15.4. The SMILES string of the molecule is c1ccc(Oc2ccccc2NCc2nc(-c3ccsc3)no2)cc1. The molecule has 2 aromatic carbocycles. The van der Waals surface area contributed by atoms with Crippen molar-refractivity contribution in [2.24, 2.45) is 0 Å². The van der Waals surface area contributed by atoms with Crippen LogP contribution >= 0.6 is 11.3 Å². The van der Waals surface area contributed by atoms with E-state index in [1.54, 1.807) is 11.3 Å². The quantitative estimate of drug-likeness (QED) is 0.518. The largest absolute Gasteiger partial charge is 0.455 e. The lowest BCUT2D eigenvalue weighted by atomic mass is 10.3. The molecule has 4 aromatic rings. The molecule has 4 rings (SSSR count). The number of benzene rings is 2. The van der Waals surface area contributed by atoms with Crippen molar-refractivity contribution in [3.05, 3.63) is 77.3 Å². The van der Waals surface area contributed by atoms with E-state index in [1.165, 1.54) is 0 Å². The van der Waals surface area contributed by atoms with Crippen molar-refractivity contribution < 1.29 is 9.26 Å². The van der Waals surface area contributed by atoms with Crippen LogP contribution in [0.4, 0.5) is 5.69 Å². The Kier molecular flexibility index (Phi) is 4.43. The second kappa shape index (κ2) is 7.19. The molecule has 2 heterocycles. The van der Waals surface area contributed by atoms with Gasteiger partial charge in [-0.2, -0.15) is 16.3 Å². The molecule has 0 amide bonds. The van der Waals surface area contributed by atoms with E-state index in [1.807, 2.05) is 71.4 Å². The predicted octanol–water partition coefficient (Wildman–Crippen LogP) is 5.20. The Morgan fingerprint density at radius 2 is 1.84 bits per heavy atom. The number of aromatic nitrogens is 2. The van der Waals surface area contributed by atoms with E-state index in [0.717, 1.165) is 22.7 Å². The summed E-state index contributed by atoms with van der Waals surface area (Å²) >= 11 is 1.60. The van der Waals surface area contributed by atoms with Gasteiger partial charge >= 0.3 is 0 Å². The molecule has 0 saturated heterocycles. The lowest BCUT2D eigenvalue weighted by Crippen LogP contribution is -2.01. The summed E-state index contributed by atoms with van der Waals surface area (Å²) in [5.41, 5.74) is 1.83. The van der Waals surface area contributed by atoms with Crippen LogP contribution in [0.15, 0.2) is 75.9 Å². The van der Waals surface area contributed by atoms with Gasteiger partial charge in [-0.1, -0.05) is 35.5 Å². The van der Waals surface area contributed by atoms with Gasteiger partial charge in [-0.15, -0.1) is 0 Å². The topological polar surface area (TPSA) is 60.2 Å². The highest BCUT2D eigenvalue weighted by atomic mass is 32.1. The first-order valence-electron chi connectivity index (χ1n) is 7.79. The molecule has 0 fully saturated rings. The van der Waals surface area contributed by atoms with Gasteiger partial charge in [0, 0.05) is 10.9 Å². The van der Waals surface area contributed by atoms with Gasteiger partial charge in [0.25, 0.3) is 0 Å². The summed E-state index contributed by atoms with van der Waals surface area (Å²) in [5, 5.41) is 11.3. The third-order valence-electron chi connectivity index (χ3n) is 3.54. The molecule has 1 N–H and O–H groups in total. The number of hydrogen-bond acceptors (Lipinski definition) is 6. The zero-order valence-electron chi connectivity index (χ0n) is 13.3. The lowest BCUT2D eigenvalue weighted by Gasteiger charge is -2.11.